The van der Waals surface area contributed by atoms with Gasteiger partial charge in [0.05, 0.1) is 5.69 Å². The van der Waals surface area contributed by atoms with Crippen LogP contribution in [0.1, 0.15) is 24.0 Å². The van der Waals surface area contributed by atoms with Gasteiger partial charge in [-0.2, -0.15) is 0 Å². The topological polar surface area (TPSA) is 60.0 Å². The van der Waals surface area contributed by atoms with E-state index in [4.69, 9.17) is 14.2 Å². The number of carbonyl (C=O) groups is 1. The zero-order valence-corrected chi connectivity index (χ0v) is 18.5. The van der Waals surface area contributed by atoms with Crippen molar-refractivity contribution in [2.45, 2.75) is 25.8 Å². The fraction of sp³-hybridized carbons (Fsp3) is 0.296. The van der Waals surface area contributed by atoms with Crippen LogP contribution >= 0.6 is 0 Å². The molecule has 2 aliphatic heterocycles. The summed E-state index contributed by atoms with van der Waals surface area (Å²) >= 11 is 0. The first kappa shape index (κ1) is 21.3. The van der Waals surface area contributed by atoms with E-state index in [0.717, 1.165) is 44.5 Å². The molecule has 0 aromatic heterocycles. The van der Waals surface area contributed by atoms with Gasteiger partial charge in [-0.15, -0.1) is 0 Å². The lowest BCUT2D eigenvalue weighted by molar-refractivity contribution is 0.172. The van der Waals surface area contributed by atoms with Crippen molar-refractivity contribution in [2.24, 2.45) is 5.92 Å². The van der Waals surface area contributed by atoms with Gasteiger partial charge in [-0.3, -0.25) is 10.2 Å². The van der Waals surface area contributed by atoms with Crippen LogP contribution < -0.4 is 19.5 Å². The van der Waals surface area contributed by atoms with Crippen molar-refractivity contribution in [3.8, 4) is 17.2 Å². The monoisotopic (exact) mass is 444 g/mol. The molecule has 170 valence electrons. The van der Waals surface area contributed by atoms with E-state index >= 15 is 0 Å². The van der Waals surface area contributed by atoms with Crippen LogP contribution in [0, 0.1) is 5.92 Å². The molecule has 0 saturated carbocycles. The Hall–Kier alpha value is -3.51. The molecule has 1 amide bonds. The van der Waals surface area contributed by atoms with Crippen LogP contribution in [0.4, 0.5) is 10.5 Å². The van der Waals surface area contributed by atoms with Crippen LogP contribution in [-0.4, -0.2) is 30.9 Å². The zero-order valence-electron chi connectivity index (χ0n) is 18.5. The van der Waals surface area contributed by atoms with Crippen LogP contribution in [-0.2, 0) is 13.0 Å². The van der Waals surface area contributed by atoms with E-state index in [1.807, 2.05) is 30.3 Å². The predicted octanol–water partition coefficient (Wildman–Crippen LogP) is 5.48. The van der Waals surface area contributed by atoms with Gasteiger partial charge in [0.25, 0.3) is 0 Å². The first-order valence-electron chi connectivity index (χ1n) is 11.5. The lowest BCUT2D eigenvalue weighted by Crippen LogP contribution is -2.34. The van der Waals surface area contributed by atoms with Gasteiger partial charge < -0.3 is 14.2 Å². The molecule has 2 heterocycles. The smallest absolute Gasteiger partial charge is 0.417 e. The number of fused-ring (bicyclic) bond motifs is 1. The summed E-state index contributed by atoms with van der Waals surface area (Å²) in [6, 6.07) is 23.6. The molecule has 0 aliphatic carbocycles. The maximum absolute atomic E-state index is 12.5. The van der Waals surface area contributed by atoms with Crippen LogP contribution in [0.2, 0.25) is 0 Å². The molecule has 5 rings (SSSR count). The minimum Gasteiger partial charge on any atom is -0.454 e. The second-order valence-electron chi connectivity index (χ2n) is 8.60. The number of ether oxygens (including phenoxy) is 3. The summed E-state index contributed by atoms with van der Waals surface area (Å²) < 4.78 is 16.5. The fourth-order valence-corrected chi connectivity index (χ4v) is 4.50. The number of carbonyl (C=O) groups excluding carboxylic acids is 1. The normalized spacial score (nSPS) is 15.9. The minimum atomic E-state index is -0.525. The fourth-order valence-electron chi connectivity index (χ4n) is 4.50. The Labute approximate surface area is 194 Å². The Morgan fingerprint density at radius 3 is 2.33 bits per heavy atom. The van der Waals surface area contributed by atoms with Gasteiger partial charge in [0.2, 0.25) is 6.79 Å². The molecule has 3 aromatic carbocycles. The molecule has 33 heavy (non-hydrogen) atoms. The summed E-state index contributed by atoms with van der Waals surface area (Å²) in [5.74, 6) is 2.55. The quantitative estimate of drug-likeness (QED) is 0.545. The number of nitrogens with one attached hydrogen (secondary N) is 1. The second-order valence-corrected chi connectivity index (χ2v) is 8.60. The Balaban J connectivity index is 1.23. The highest BCUT2D eigenvalue weighted by Gasteiger charge is 2.23. The highest BCUT2D eigenvalue weighted by atomic mass is 16.7. The van der Waals surface area contributed by atoms with Crippen molar-refractivity contribution < 1.29 is 19.0 Å². The van der Waals surface area contributed by atoms with Crippen molar-refractivity contribution in [1.82, 2.24) is 4.90 Å². The van der Waals surface area contributed by atoms with Crippen LogP contribution in [0.15, 0.2) is 72.8 Å². The molecular formula is C27H28N2O4. The van der Waals surface area contributed by atoms with E-state index in [0.29, 0.717) is 28.9 Å². The Morgan fingerprint density at radius 1 is 0.939 bits per heavy atom. The molecule has 6 nitrogen and oxygen atoms in total. The van der Waals surface area contributed by atoms with E-state index < -0.39 is 6.09 Å². The van der Waals surface area contributed by atoms with Gasteiger partial charge in [-0.25, -0.2) is 4.79 Å². The third-order valence-corrected chi connectivity index (χ3v) is 6.26. The maximum Gasteiger partial charge on any atom is 0.417 e. The zero-order chi connectivity index (χ0) is 22.5. The average Bonchev–Trinajstić information content (AvgIpc) is 3.29. The molecule has 0 radical (unpaired) electrons. The summed E-state index contributed by atoms with van der Waals surface area (Å²) in [6.07, 6.45) is 2.94. The molecule has 1 saturated heterocycles. The molecule has 0 bridgehead atoms. The largest absolute Gasteiger partial charge is 0.454 e. The highest BCUT2D eigenvalue weighted by molar-refractivity contribution is 5.88. The molecule has 1 fully saturated rings. The van der Waals surface area contributed by atoms with Crippen LogP contribution in [0.25, 0.3) is 0 Å². The van der Waals surface area contributed by atoms with Gasteiger partial charge in [-0.05, 0) is 67.6 Å². The van der Waals surface area contributed by atoms with Crippen molar-refractivity contribution >= 4 is 11.8 Å². The third-order valence-electron chi connectivity index (χ3n) is 6.26. The van der Waals surface area contributed by atoms with E-state index in [1.165, 1.54) is 5.56 Å². The lowest BCUT2D eigenvalue weighted by atomic mass is 9.90. The van der Waals surface area contributed by atoms with Crippen LogP contribution in [0.3, 0.4) is 0 Å². The molecule has 3 aromatic rings. The van der Waals surface area contributed by atoms with Crippen molar-refractivity contribution in [2.75, 3.05) is 25.2 Å². The predicted molar refractivity (Wildman–Crippen MR) is 127 cm³/mol. The lowest BCUT2D eigenvalue weighted by Gasteiger charge is -2.32. The third kappa shape index (κ3) is 5.46. The second kappa shape index (κ2) is 9.96. The molecule has 0 atom stereocenters. The van der Waals surface area contributed by atoms with Gasteiger partial charge in [0.15, 0.2) is 11.5 Å². The van der Waals surface area contributed by atoms with Crippen molar-refractivity contribution in [3.05, 3.63) is 83.9 Å². The van der Waals surface area contributed by atoms with E-state index in [9.17, 15) is 4.79 Å². The molecule has 0 unspecified atom stereocenters. The van der Waals surface area contributed by atoms with Gasteiger partial charge in [0.1, 0.15) is 5.75 Å². The number of amides is 1. The van der Waals surface area contributed by atoms with E-state index in [1.54, 1.807) is 12.1 Å². The van der Waals surface area contributed by atoms with Crippen molar-refractivity contribution in [3.63, 3.8) is 0 Å². The van der Waals surface area contributed by atoms with Gasteiger partial charge >= 0.3 is 6.09 Å². The Morgan fingerprint density at radius 2 is 1.61 bits per heavy atom. The Kier molecular flexibility index (Phi) is 6.44. The maximum atomic E-state index is 12.5. The minimum absolute atomic E-state index is 0.192. The van der Waals surface area contributed by atoms with Crippen LogP contribution in [0.5, 0.6) is 17.2 Å². The number of likely N-dealkylation sites (tertiary alicyclic amines) is 1. The summed E-state index contributed by atoms with van der Waals surface area (Å²) in [5.41, 5.74) is 3.09. The van der Waals surface area contributed by atoms with Gasteiger partial charge in [0, 0.05) is 12.6 Å². The molecular weight excluding hydrogens is 416 g/mol. The summed E-state index contributed by atoms with van der Waals surface area (Å²) in [5, 5.41) is 2.90. The SMILES string of the molecule is O=C(Nc1cc2c(cc1CN1CCC(Cc3ccccc3)CC1)OCO2)Oc1ccccc1. The first-order valence-corrected chi connectivity index (χ1v) is 11.5. The van der Waals surface area contributed by atoms with E-state index in [-0.39, 0.29) is 6.79 Å². The molecule has 6 heteroatoms. The summed E-state index contributed by atoms with van der Waals surface area (Å²) in [6.45, 7) is 2.98. The number of hydrogen-bond donors (Lipinski definition) is 1. The summed E-state index contributed by atoms with van der Waals surface area (Å²) in [7, 11) is 0. The first-order chi connectivity index (χ1) is 16.2. The van der Waals surface area contributed by atoms with E-state index in [2.05, 4.69) is 40.5 Å². The average molecular weight is 445 g/mol. The number of nitrogens with zero attached hydrogens (tertiary/aromatic N) is 1. The van der Waals surface area contributed by atoms with Gasteiger partial charge in [-0.1, -0.05) is 48.5 Å². The number of benzene rings is 3. The number of anilines is 1. The number of rotatable bonds is 6. The number of hydrogen-bond acceptors (Lipinski definition) is 5. The number of piperidine rings is 1. The molecule has 1 N–H and O–H groups in total. The Bertz CT molecular complexity index is 1080. The standard InChI is InChI=1S/C27H28N2O4/c30-27(33-23-9-5-2-6-10-23)28-24-17-26-25(31-19-32-26)16-22(24)18-29-13-11-21(12-14-29)15-20-7-3-1-4-8-20/h1-10,16-17,21H,11-15,18-19H2,(H,28,30). The molecule has 2 aliphatic rings. The van der Waals surface area contributed by atoms with Crippen molar-refractivity contribution in [1.29, 1.82) is 0 Å². The molecule has 0 spiro atoms. The highest BCUT2D eigenvalue weighted by Crippen LogP contribution is 2.38. The summed E-state index contributed by atoms with van der Waals surface area (Å²) in [4.78, 5) is 15.0. The number of para-hydroxylation sites is 1.